The fraction of sp³-hybridized carbons (Fsp3) is 0.750. The molecule has 0 aromatic carbocycles. The van der Waals surface area contributed by atoms with Crippen LogP contribution in [0.4, 0.5) is 0 Å². The minimum absolute atomic E-state index is 1.11. The zero-order chi connectivity index (χ0) is 13.5. The Morgan fingerprint density at radius 1 is 1.11 bits per heavy atom. The second-order valence-electron chi connectivity index (χ2n) is 5.47. The fourth-order valence-electron chi connectivity index (χ4n) is 2.82. The highest BCUT2D eigenvalue weighted by atomic mass is 15.1. The van der Waals surface area contributed by atoms with Gasteiger partial charge in [-0.1, -0.05) is 20.4 Å². The van der Waals surface area contributed by atoms with Gasteiger partial charge in [0, 0.05) is 19.3 Å². The summed E-state index contributed by atoms with van der Waals surface area (Å²) in [5.41, 5.74) is 4.23. The Kier molecular flexibility index (Phi) is 6.48. The average molecular weight is 250 g/mol. The molecule has 0 spiro atoms. The van der Waals surface area contributed by atoms with Crippen LogP contribution in [0.25, 0.3) is 0 Å². The molecule has 1 aliphatic rings. The van der Waals surface area contributed by atoms with Crippen molar-refractivity contribution in [2.75, 3.05) is 33.2 Å². The molecular formula is C16H30N2. The predicted octanol–water partition coefficient (Wildman–Crippen LogP) is 3.66. The van der Waals surface area contributed by atoms with Gasteiger partial charge in [0.1, 0.15) is 0 Å². The first-order chi connectivity index (χ1) is 8.60. The number of hydrogen-bond acceptors (Lipinski definition) is 2. The number of unbranched alkanes of at least 4 members (excludes halogenated alkanes) is 1. The molecule has 0 saturated carbocycles. The summed E-state index contributed by atoms with van der Waals surface area (Å²) >= 11 is 0. The third-order valence-corrected chi connectivity index (χ3v) is 3.80. The van der Waals surface area contributed by atoms with E-state index in [0.717, 1.165) is 13.0 Å². The molecule has 0 bridgehead atoms. The molecule has 1 aliphatic carbocycles. The van der Waals surface area contributed by atoms with E-state index in [1.807, 2.05) is 0 Å². The monoisotopic (exact) mass is 250 g/mol. The topological polar surface area (TPSA) is 6.48 Å². The van der Waals surface area contributed by atoms with Crippen molar-refractivity contribution in [2.24, 2.45) is 0 Å². The lowest BCUT2D eigenvalue weighted by Gasteiger charge is -2.33. The van der Waals surface area contributed by atoms with E-state index in [-0.39, 0.29) is 0 Å². The number of likely N-dealkylation sites (N-methyl/N-ethyl adjacent to an activating group) is 1. The molecule has 0 N–H and O–H groups in total. The quantitative estimate of drug-likeness (QED) is 0.576. The summed E-state index contributed by atoms with van der Waals surface area (Å²) in [6.45, 7) is 15.7. The predicted molar refractivity (Wildman–Crippen MR) is 80.7 cm³/mol. The molecule has 1 rings (SSSR count). The van der Waals surface area contributed by atoms with Crippen molar-refractivity contribution in [1.29, 1.82) is 0 Å². The summed E-state index contributed by atoms with van der Waals surface area (Å²) in [4.78, 5) is 4.93. The van der Waals surface area contributed by atoms with Crippen molar-refractivity contribution >= 4 is 0 Å². The first-order valence-corrected chi connectivity index (χ1v) is 7.41. The van der Waals surface area contributed by atoms with Gasteiger partial charge in [0.2, 0.25) is 0 Å². The van der Waals surface area contributed by atoms with Crippen LogP contribution >= 0.6 is 0 Å². The Morgan fingerprint density at radius 2 is 1.78 bits per heavy atom. The fourth-order valence-corrected chi connectivity index (χ4v) is 2.82. The van der Waals surface area contributed by atoms with Crippen molar-refractivity contribution in [3.05, 3.63) is 23.4 Å². The number of rotatable bonds is 9. The standard InChI is InChI=1S/C16H30N2/c1-6-10-18(7-2)12-9-8-11-17(5)16-14(3)13-15(16)4/h3,6-13H2,1-2,4-5H3. The van der Waals surface area contributed by atoms with E-state index in [0.29, 0.717) is 0 Å². The molecule has 2 heteroatoms. The summed E-state index contributed by atoms with van der Waals surface area (Å²) in [6, 6.07) is 0. The van der Waals surface area contributed by atoms with Crippen molar-refractivity contribution in [3.63, 3.8) is 0 Å². The Morgan fingerprint density at radius 3 is 2.28 bits per heavy atom. The van der Waals surface area contributed by atoms with Crippen LogP contribution in [0.15, 0.2) is 23.4 Å². The zero-order valence-electron chi connectivity index (χ0n) is 12.8. The summed E-state index contributed by atoms with van der Waals surface area (Å²) in [5.74, 6) is 0. The van der Waals surface area contributed by atoms with E-state index in [2.05, 4.69) is 44.2 Å². The third kappa shape index (κ3) is 4.16. The van der Waals surface area contributed by atoms with Crippen molar-refractivity contribution < 1.29 is 0 Å². The molecule has 2 nitrogen and oxygen atoms in total. The number of allylic oxidation sites excluding steroid dienone is 2. The first kappa shape index (κ1) is 15.3. The molecule has 0 heterocycles. The van der Waals surface area contributed by atoms with Crippen LogP contribution in [0.5, 0.6) is 0 Å². The van der Waals surface area contributed by atoms with E-state index in [9.17, 15) is 0 Å². The van der Waals surface area contributed by atoms with Gasteiger partial charge in [0.05, 0.1) is 0 Å². The van der Waals surface area contributed by atoms with Gasteiger partial charge in [-0.15, -0.1) is 0 Å². The Labute approximate surface area is 113 Å². The molecular weight excluding hydrogens is 220 g/mol. The Bertz CT molecular complexity index is 304. The van der Waals surface area contributed by atoms with Gasteiger partial charge in [-0.3, -0.25) is 0 Å². The Balaban J connectivity index is 2.18. The minimum atomic E-state index is 1.11. The van der Waals surface area contributed by atoms with Gasteiger partial charge in [0.15, 0.2) is 0 Å². The smallest absolute Gasteiger partial charge is 0.0385 e. The molecule has 0 atom stereocenters. The molecule has 0 saturated heterocycles. The molecule has 0 amide bonds. The van der Waals surface area contributed by atoms with Crippen molar-refractivity contribution in [3.8, 4) is 0 Å². The van der Waals surface area contributed by atoms with Crippen molar-refractivity contribution in [2.45, 2.75) is 46.5 Å². The van der Waals surface area contributed by atoms with E-state index in [1.165, 1.54) is 55.7 Å². The molecule has 18 heavy (non-hydrogen) atoms. The first-order valence-electron chi connectivity index (χ1n) is 7.41. The van der Waals surface area contributed by atoms with Crippen LogP contribution in [-0.4, -0.2) is 43.0 Å². The van der Waals surface area contributed by atoms with Crippen LogP contribution in [0.3, 0.4) is 0 Å². The molecule has 0 aromatic rings. The van der Waals surface area contributed by atoms with Gasteiger partial charge in [-0.2, -0.15) is 0 Å². The highest BCUT2D eigenvalue weighted by molar-refractivity contribution is 5.44. The number of nitrogens with zero attached hydrogens (tertiary/aromatic N) is 2. The second-order valence-corrected chi connectivity index (χ2v) is 5.47. The minimum Gasteiger partial charge on any atom is -0.374 e. The van der Waals surface area contributed by atoms with Gasteiger partial charge in [0.25, 0.3) is 0 Å². The summed E-state index contributed by atoms with van der Waals surface area (Å²) in [5, 5.41) is 0. The van der Waals surface area contributed by atoms with Crippen LogP contribution in [0.1, 0.15) is 46.5 Å². The largest absolute Gasteiger partial charge is 0.374 e. The van der Waals surface area contributed by atoms with Crippen LogP contribution in [0.2, 0.25) is 0 Å². The lowest BCUT2D eigenvalue weighted by molar-refractivity contribution is 0.275. The highest BCUT2D eigenvalue weighted by Gasteiger charge is 2.20. The summed E-state index contributed by atoms with van der Waals surface area (Å²) in [7, 11) is 2.20. The lowest BCUT2D eigenvalue weighted by atomic mass is 9.89. The highest BCUT2D eigenvalue weighted by Crippen LogP contribution is 2.33. The van der Waals surface area contributed by atoms with E-state index >= 15 is 0 Å². The third-order valence-electron chi connectivity index (χ3n) is 3.80. The van der Waals surface area contributed by atoms with Gasteiger partial charge < -0.3 is 9.80 Å². The maximum atomic E-state index is 4.10. The van der Waals surface area contributed by atoms with Crippen LogP contribution < -0.4 is 0 Å². The molecule has 0 aliphatic heterocycles. The lowest BCUT2D eigenvalue weighted by Crippen LogP contribution is -2.28. The summed E-state index contributed by atoms with van der Waals surface area (Å²) < 4.78 is 0. The maximum Gasteiger partial charge on any atom is 0.0385 e. The molecule has 0 radical (unpaired) electrons. The maximum absolute atomic E-state index is 4.10. The van der Waals surface area contributed by atoms with E-state index in [1.54, 1.807) is 0 Å². The zero-order valence-corrected chi connectivity index (χ0v) is 12.8. The van der Waals surface area contributed by atoms with Crippen LogP contribution in [-0.2, 0) is 0 Å². The van der Waals surface area contributed by atoms with E-state index in [4.69, 9.17) is 0 Å². The second kappa shape index (κ2) is 7.63. The van der Waals surface area contributed by atoms with Gasteiger partial charge >= 0.3 is 0 Å². The SMILES string of the molecule is C=C1CC(C)=C1N(C)CCCCN(CC)CCC. The Hall–Kier alpha value is -0.760. The van der Waals surface area contributed by atoms with Gasteiger partial charge in [-0.25, -0.2) is 0 Å². The van der Waals surface area contributed by atoms with Crippen molar-refractivity contribution in [1.82, 2.24) is 9.80 Å². The molecule has 0 unspecified atom stereocenters. The van der Waals surface area contributed by atoms with Gasteiger partial charge in [-0.05, 0) is 63.4 Å². The molecule has 0 aromatic heterocycles. The number of hydrogen-bond donors (Lipinski definition) is 0. The summed E-state index contributed by atoms with van der Waals surface area (Å²) in [6.07, 6.45) is 4.96. The van der Waals surface area contributed by atoms with E-state index < -0.39 is 0 Å². The normalized spacial score (nSPS) is 15.3. The average Bonchev–Trinajstić information content (AvgIpc) is 2.32. The van der Waals surface area contributed by atoms with Crippen LogP contribution in [0, 0.1) is 0 Å². The molecule has 104 valence electrons. The molecule has 0 fully saturated rings.